The van der Waals surface area contributed by atoms with Gasteiger partial charge in [-0.2, -0.15) is 0 Å². The van der Waals surface area contributed by atoms with E-state index in [1.807, 2.05) is 0 Å². The molecule has 1 fully saturated rings. The first kappa shape index (κ1) is 8.68. The summed E-state index contributed by atoms with van der Waals surface area (Å²) in [5, 5.41) is 9.59. The second-order valence-corrected chi connectivity index (χ2v) is 2.98. The lowest BCUT2D eigenvalue weighted by Gasteiger charge is -2.31. The summed E-state index contributed by atoms with van der Waals surface area (Å²) in [6, 6.07) is 0. The molecule has 0 aromatic carbocycles. The molecular weight excluding hydrogens is 176 g/mol. The lowest BCUT2D eigenvalue weighted by atomic mass is 10.0. The SMILES string of the molecule is CO[C@@H]1OCC2=CC(=O)O[C@H]2[C@@H]1O. The Morgan fingerprint density at radius 3 is 3.15 bits per heavy atom. The van der Waals surface area contributed by atoms with Crippen LogP contribution < -0.4 is 0 Å². The molecule has 0 aliphatic carbocycles. The fourth-order valence-electron chi connectivity index (χ4n) is 1.51. The van der Waals surface area contributed by atoms with Gasteiger partial charge in [-0.15, -0.1) is 0 Å². The maximum atomic E-state index is 10.8. The monoisotopic (exact) mass is 186 g/mol. The van der Waals surface area contributed by atoms with E-state index >= 15 is 0 Å². The topological polar surface area (TPSA) is 65.0 Å². The van der Waals surface area contributed by atoms with Crippen molar-refractivity contribution in [3.8, 4) is 0 Å². The van der Waals surface area contributed by atoms with Crippen LogP contribution in [0.3, 0.4) is 0 Å². The second kappa shape index (κ2) is 3.10. The minimum absolute atomic E-state index is 0.270. The smallest absolute Gasteiger partial charge is 0.331 e. The number of methoxy groups -OCH3 is 1. The number of esters is 1. The molecule has 2 aliphatic rings. The molecule has 0 bridgehead atoms. The van der Waals surface area contributed by atoms with Crippen molar-refractivity contribution in [3.05, 3.63) is 11.6 Å². The largest absolute Gasteiger partial charge is 0.452 e. The van der Waals surface area contributed by atoms with Crippen LogP contribution in [0.15, 0.2) is 11.6 Å². The summed E-state index contributed by atoms with van der Waals surface area (Å²) in [6.07, 6.45) is -0.893. The van der Waals surface area contributed by atoms with Crippen LogP contribution in [0.2, 0.25) is 0 Å². The Hall–Kier alpha value is -0.910. The van der Waals surface area contributed by atoms with E-state index in [9.17, 15) is 9.90 Å². The fourth-order valence-corrected chi connectivity index (χ4v) is 1.51. The van der Waals surface area contributed by atoms with Crippen molar-refractivity contribution in [2.75, 3.05) is 13.7 Å². The van der Waals surface area contributed by atoms with Crippen LogP contribution in [0.1, 0.15) is 0 Å². The molecule has 2 rings (SSSR count). The molecule has 2 heterocycles. The van der Waals surface area contributed by atoms with Gasteiger partial charge in [0.1, 0.15) is 6.10 Å². The van der Waals surface area contributed by atoms with Crippen LogP contribution in [-0.4, -0.2) is 43.3 Å². The van der Waals surface area contributed by atoms with Crippen molar-refractivity contribution in [2.45, 2.75) is 18.5 Å². The van der Waals surface area contributed by atoms with Gasteiger partial charge >= 0.3 is 5.97 Å². The number of aliphatic hydroxyl groups excluding tert-OH is 1. The first-order valence-corrected chi connectivity index (χ1v) is 3.96. The normalized spacial score (nSPS) is 38.2. The molecular formula is C8H10O5. The van der Waals surface area contributed by atoms with Gasteiger partial charge in [0.2, 0.25) is 0 Å². The Kier molecular flexibility index (Phi) is 2.07. The minimum atomic E-state index is -0.934. The molecule has 0 saturated carbocycles. The maximum absolute atomic E-state index is 10.8. The number of aliphatic hydroxyl groups is 1. The van der Waals surface area contributed by atoms with E-state index in [0.29, 0.717) is 5.57 Å². The van der Waals surface area contributed by atoms with E-state index in [1.165, 1.54) is 13.2 Å². The van der Waals surface area contributed by atoms with E-state index in [-0.39, 0.29) is 6.61 Å². The van der Waals surface area contributed by atoms with E-state index in [1.54, 1.807) is 0 Å². The molecule has 0 amide bonds. The van der Waals surface area contributed by atoms with Crippen molar-refractivity contribution in [2.24, 2.45) is 0 Å². The summed E-state index contributed by atoms with van der Waals surface area (Å²) in [7, 11) is 1.43. The van der Waals surface area contributed by atoms with Crippen molar-refractivity contribution < 1.29 is 24.1 Å². The van der Waals surface area contributed by atoms with E-state index in [0.717, 1.165) is 0 Å². The Morgan fingerprint density at radius 1 is 1.69 bits per heavy atom. The van der Waals surface area contributed by atoms with Crippen LogP contribution in [0.25, 0.3) is 0 Å². The molecule has 13 heavy (non-hydrogen) atoms. The minimum Gasteiger partial charge on any atom is -0.452 e. The predicted octanol–water partition coefficient (Wildman–Crippen LogP) is -0.798. The second-order valence-electron chi connectivity index (χ2n) is 2.98. The molecule has 3 atom stereocenters. The van der Waals surface area contributed by atoms with Gasteiger partial charge in [0.15, 0.2) is 12.4 Å². The summed E-state index contributed by atoms with van der Waals surface area (Å²) >= 11 is 0. The summed E-state index contributed by atoms with van der Waals surface area (Å²) in [5.74, 6) is -0.431. The highest BCUT2D eigenvalue weighted by Gasteiger charge is 2.41. The standard InChI is InChI=1S/C8H10O5/c1-11-8-6(10)7-4(3-12-8)2-5(9)13-7/h2,6-8,10H,3H2,1H3/t6-,7+,8+/m0/s1. The molecule has 72 valence electrons. The molecule has 1 saturated heterocycles. The van der Waals surface area contributed by atoms with Crippen LogP contribution in [-0.2, 0) is 19.0 Å². The van der Waals surface area contributed by atoms with Gasteiger partial charge in [0, 0.05) is 18.8 Å². The third-order valence-electron chi connectivity index (χ3n) is 2.15. The first-order valence-electron chi connectivity index (χ1n) is 3.96. The lowest BCUT2D eigenvalue weighted by Crippen LogP contribution is -2.46. The molecule has 2 aliphatic heterocycles. The highest BCUT2D eigenvalue weighted by Crippen LogP contribution is 2.27. The Balaban J connectivity index is 2.15. The van der Waals surface area contributed by atoms with Gasteiger partial charge in [0.25, 0.3) is 0 Å². The maximum Gasteiger partial charge on any atom is 0.331 e. The molecule has 0 spiro atoms. The van der Waals surface area contributed by atoms with Gasteiger partial charge in [-0.1, -0.05) is 0 Å². The number of hydrogen-bond donors (Lipinski definition) is 1. The average Bonchev–Trinajstić information content (AvgIpc) is 2.47. The molecule has 5 heteroatoms. The Morgan fingerprint density at radius 2 is 2.46 bits per heavy atom. The van der Waals surface area contributed by atoms with Crippen molar-refractivity contribution >= 4 is 5.97 Å². The van der Waals surface area contributed by atoms with Crippen molar-refractivity contribution in [1.29, 1.82) is 0 Å². The third kappa shape index (κ3) is 1.35. The molecule has 0 aromatic rings. The molecule has 1 N–H and O–H groups in total. The van der Waals surface area contributed by atoms with Gasteiger partial charge in [-0.3, -0.25) is 0 Å². The summed E-state index contributed by atoms with van der Waals surface area (Å²) in [5.41, 5.74) is 0.672. The average molecular weight is 186 g/mol. The fraction of sp³-hybridized carbons (Fsp3) is 0.625. The van der Waals surface area contributed by atoms with Crippen molar-refractivity contribution in [1.82, 2.24) is 0 Å². The number of rotatable bonds is 1. The third-order valence-corrected chi connectivity index (χ3v) is 2.15. The van der Waals surface area contributed by atoms with E-state index in [4.69, 9.17) is 14.2 Å². The van der Waals surface area contributed by atoms with Crippen LogP contribution in [0.5, 0.6) is 0 Å². The highest BCUT2D eigenvalue weighted by molar-refractivity contribution is 5.86. The summed E-state index contributed by atoms with van der Waals surface area (Å²) in [4.78, 5) is 10.8. The number of carbonyl (C=O) groups is 1. The summed E-state index contributed by atoms with van der Waals surface area (Å²) in [6.45, 7) is 0.270. The molecule has 5 nitrogen and oxygen atoms in total. The zero-order valence-corrected chi connectivity index (χ0v) is 7.10. The van der Waals surface area contributed by atoms with Gasteiger partial charge in [-0.05, 0) is 0 Å². The quantitative estimate of drug-likeness (QED) is 0.543. The molecule has 0 unspecified atom stereocenters. The number of carbonyl (C=O) groups excluding carboxylic acids is 1. The van der Waals surface area contributed by atoms with E-state index < -0.39 is 24.5 Å². The van der Waals surface area contributed by atoms with E-state index in [2.05, 4.69) is 0 Å². The van der Waals surface area contributed by atoms with Gasteiger partial charge in [-0.25, -0.2) is 4.79 Å². The van der Waals surface area contributed by atoms with Crippen LogP contribution >= 0.6 is 0 Å². The molecule has 0 radical (unpaired) electrons. The van der Waals surface area contributed by atoms with Gasteiger partial charge in [0.05, 0.1) is 6.61 Å². The zero-order valence-electron chi connectivity index (χ0n) is 7.10. The number of fused-ring (bicyclic) bond motifs is 1. The van der Waals surface area contributed by atoms with Gasteiger partial charge < -0.3 is 19.3 Å². The number of ether oxygens (including phenoxy) is 3. The van der Waals surface area contributed by atoms with Crippen LogP contribution in [0.4, 0.5) is 0 Å². The molecule has 0 aromatic heterocycles. The highest BCUT2D eigenvalue weighted by atomic mass is 16.7. The first-order chi connectivity index (χ1) is 6.22. The van der Waals surface area contributed by atoms with Crippen LogP contribution in [0, 0.1) is 0 Å². The summed E-state index contributed by atoms with van der Waals surface area (Å²) < 4.78 is 14.9. The number of hydrogen-bond acceptors (Lipinski definition) is 5. The predicted molar refractivity (Wildman–Crippen MR) is 40.7 cm³/mol. The van der Waals surface area contributed by atoms with Crippen molar-refractivity contribution in [3.63, 3.8) is 0 Å². The Labute approximate surface area is 74.9 Å². The zero-order chi connectivity index (χ0) is 9.42. The Bertz CT molecular complexity index is 259. The lowest BCUT2D eigenvalue weighted by molar-refractivity contribution is -0.216.